The lowest BCUT2D eigenvalue weighted by Gasteiger charge is -2.12. The number of likely N-dealkylation sites (N-methyl/N-ethyl adjacent to an activating group) is 1. The number of rotatable bonds is 6. The fourth-order valence-corrected chi connectivity index (χ4v) is 4.22. The Morgan fingerprint density at radius 3 is 2.55 bits per heavy atom. The third kappa shape index (κ3) is 4.82. The molecule has 0 radical (unpaired) electrons. The number of amides is 1. The Bertz CT molecular complexity index is 977. The lowest BCUT2D eigenvalue weighted by molar-refractivity contribution is -0.122. The molecular weight excluding hydrogens is 459 g/mol. The molecule has 1 heterocycles. The molecule has 152 valence electrons. The van der Waals surface area contributed by atoms with Crippen molar-refractivity contribution < 1.29 is 18.7 Å². The van der Waals surface area contributed by atoms with E-state index in [1.165, 1.54) is 23.9 Å². The van der Waals surface area contributed by atoms with E-state index in [4.69, 9.17) is 9.47 Å². The van der Waals surface area contributed by atoms with E-state index in [9.17, 15) is 9.18 Å². The van der Waals surface area contributed by atoms with Crippen molar-refractivity contribution in [2.75, 3.05) is 20.3 Å². The summed E-state index contributed by atoms with van der Waals surface area (Å²) in [7, 11) is 1.57. The predicted molar refractivity (Wildman–Crippen MR) is 118 cm³/mol. The number of carbonyl (C=O) groups is 1. The maximum Gasteiger partial charge on any atom is 0.266 e. The first-order chi connectivity index (χ1) is 14.0. The fraction of sp³-hybridized carbons (Fsp3) is 0.238. The summed E-state index contributed by atoms with van der Waals surface area (Å²) >= 11 is 4.82. The van der Waals surface area contributed by atoms with Gasteiger partial charge in [0.25, 0.3) is 5.91 Å². The fourth-order valence-electron chi connectivity index (χ4n) is 2.73. The maximum atomic E-state index is 13.1. The van der Waals surface area contributed by atoms with Gasteiger partial charge >= 0.3 is 0 Å². The average molecular weight is 479 g/mol. The third-order valence-electron chi connectivity index (χ3n) is 4.13. The van der Waals surface area contributed by atoms with Crippen LogP contribution in [0.1, 0.15) is 19.4 Å². The molecule has 0 atom stereocenters. The third-order valence-corrected chi connectivity index (χ3v) is 5.82. The summed E-state index contributed by atoms with van der Waals surface area (Å²) in [6.45, 7) is 4.79. The quantitative estimate of drug-likeness (QED) is 0.505. The molecule has 3 rings (SSSR count). The zero-order valence-corrected chi connectivity index (χ0v) is 18.6. The van der Waals surface area contributed by atoms with Crippen LogP contribution in [0.4, 0.5) is 10.1 Å². The maximum absolute atomic E-state index is 13.1. The van der Waals surface area contributed by atoms with Gasteiger partial charge in [-0.05, 0) is 73.6 Å². The van der Waals surface area contributed by atoms with Crippen molar-refractivity contribution >= 4 is 50.5 Å². The second-order valence-corrected chi connectivity index (χ2v) is 7.85. The summed E-state index contributed by atoms with van der Waals surface area (Å²) in [5.74, 6) is 0.762. The molecule has 1 aliphatic rings. The molecule has 29 heavy (non-hydrogen) atoms. The minimum absolute atomic E-state index is 0.127. The Kier molecular flexibility index (Phi) is 6.97. The first-order valence-electron chi connectivity index (χ1n) is 9.02. The largest absolute Gasteiger partial charge is 0.493 e. The van der Waals surface area contributed by atoms with E-state index in [2.05, 4.69) is 20.9 Å². The minimum atomic E-state index is -0.327. The number of thioether (sulfide) groups is 1. The van der Waals surface area contributed by atoms with Crippen molar-refractivity contribution in [2.45, 2.75) is 13.8 Å². The molecular formula is C21H20BrFN2O3S. The molecule has 1 amide bonds. The topological polar surface area (TPSA) is 51.1 Å². The highest BCUT2D eigenvalue weighted by molar-refractivity contribution is 9.10. The normalized spacial score (nSPS) is 16.7. The number of ether oxygens (including phenoxy) is 2. The zero-order chi connectivity index (χ0) is 21.0. The minimum Gasteiger partial charge on any atom is -0.493 e. The second-order valence-electron chi connectivity index (χ2n) is 5.99. The lowest BCUT2D eigenvalue weighted by Crippen LogP contribution is -2.28. The number of amidine groups is 1. The first kappa shape index (κ1) is 21.4. The Balaban J connectivity index is 1.96. The Morgan fingerprint density at radius 2 is 1.93 bits per heavy atom. The lowest BCUT2D eigenvalue weighted by atomic mass is 10.2. The predicted octanol–water partition coefficient (Wildman–Crippen LogP) is 5.62. The molecule has 0 saturated carbocycles. The van der Waals surface area contributed by atoms with Crippen LogP contribution in [0, 0.1) is 5.82 Å². The molecule has 5 nitrogen and oxygen atoms in total. The van der Waals surface area contributed by atoms with Gasteiger partial charge in [-0.2, -0.15) is 0 Å². The number of carbonyl (C=O) groups excluding carboxylic acids is 1. The van der Waals surface area contributed by atoms with Crippen LogP contribution in [0.5, 0.6) is 11.5 Å². The molecule has 0 aromatic heterocycles. The van der Waals surface area contributed by atoms with Gasteiger partial charge in [-0.1, -0.05) is 15.9 Å². The molecule has 8 heteroatoms. The van der Waals surface area contributed by atoms with Gasteiger partial charge in [0, 0.05) is 11.0 Å². The monoisotopic (exact) mass is 478 g/mol. The molecule has 0 spiro atoms. The molecule has 0 N–H and O–H groups in total. The number of hydrogen-bond donors (Lipinski definition) is 0. The van der Waals surface area contributed by atoms with Gasteiger partial charge < -0.3 is 9.47 Å². The Hall–Kier alpha value is -2.32. The van der Waals surface area contributed by atoms with E-state index < -0.39 is 0 Å². The van der Waals surface area contributed by atoms with E-state index in [0.717, 1.165) is 10.0 Å². The van der Waals surface area contributed by atoms with Crippen molar-refractivity contribution in [3.05, 3.63) is 57.2 Å². The van der Waals surface area contributed by atoms with Gasteiger partial charge in [-0.15, -0.1) is 0 Å². The van der Waals surface area contributed by atoms with Crippen LogP contribution >= 0.6 is 27.7 Å². The van der Waals surface area contributed by atoms with Crippen molar-refractivity contribution in [3.63, 3.8) is 0 Å². The highest BCUT2D eigenvalue weighted by atomic mass is 79.9. The van der Waals surface area contributed by atoms with Gasteiger partial charge in [0.05, 0.1) is 24.3 Å². The number of nitrogens with zero attached hydrogens (tertiary/aromatic N) is 2. The van der Waals surface area contributed by atoms with Gasteiger partial charge in [0.1, 0.15) is 5.82 Å². The summed E-state index contributed by atoms with van der Waals surface area (Å²) in [5.41, 5.74) is 1.38. The van der Waals surface area contributed by atoms with Crippen LogP contribution in [0.2, 0.25) is 0 Å². The van der Waals surface area contributed by atoms with Crippen LogP contribution < -0.4 is 9.47 Å². The Labute approximate surface area is 181 Å². The molecule has 1 saturated heterocycles. The standard InChI is InChI=1S/C21H20BrFN2O3S/c1-4-25-20(26)19(29-21(25)24-15-8-6-14(23)7-9-15)11-13-10-17(27-3)18(28-5-2)12-16(13)22/h6-12H,4-5H2,1-3H3/b19-11+,24-21?. The number of hydrogen-bond acceptors (Lipinski definition) is 5. The summed E-state index contributed by atoms with van der Waals surface area (Å²) in [6.07, 6.45) is 1.80. The highest BCUT2D eigenvalue weighted by Crippen LogP contribution is 2.38. The van der Waals surface area contributed by atoms with Gasteiger partial charge in [0.15, 0.2) is 16.7 Å². The first-order valence-corrected chi connectivity index (χ1v) is 10.6. The van der Waals surface area contributed by atoms with Gasteiger partial charge in [-0.3, -0.25) is 9.69 Å². The highest BCUT2D eigenvalue weighted by Gasteiger charge is 2.32. The molecule has 0 unspecified atom stereocenters. The van der Waals surface area contributed by atoms with Crippen LogP contribution in [0.15, 0.2) is 50.8 Å². The van der Waals surface area contributed by atoms with E-state index in [1.807, 2.05) is 26.0 Å². The number of methoxy groups -OCH3 is 1. The van der Waals surface area contributed by atoms with E-state index >= 15 is 0 Å². The van der Waals surface area contributed by atoms with Crippen molar-refractivity contribution in [2.24, 2.45) is 4.99 Å². The second kappa shape index (κ2) is 9.45. The van der Waals surface area contributed by atoms with E-state index in [-0.39, 0.29) is 11.7 Å². The van der Waals surface area contributed by atoms with Gasteiger partial charge in [0.2, 0.25) is 0 Å². The van der Waals surface area contributed by atoms with Crippen LogP contribution in [0.25, 0.3) is 6.08 Å². The van der Waals surface area contributed by atoms with Crippen LogP contribution in [-0.2, 0) is 4.79 Å². The molecule has 1 aliphatic heterocycles. The number of aliphatic imine (C=N–C) groups is 1. The zero-order valence-electron chi connectivity index (χ0n) is 16.2. The molecule has 0 aliphatic carbocycles. The van der Waals surface area contributed by atoms with Crippen LogP contribution in [0.3, 0.4) is 0 Å². The summed E-state index contributed by atoms with van der Waals surface area (Å²) in [5, 5.41) is 0.560. The van der Waals surface area contributed by atoms with Crippen molar-refractivity contribution in [3.8, 4) is 11.5 Å². The molecule has 2 aromatic carbocycles. The van der Waals surface area contributed by atoms with Crippen molar-refractivity contribution in [1.29, 1.82) is 0 Å². The number of benzene rings is 2. The SMILES string of the molecule is CCOc1cc(Br)c(/C=C2/SC(=Nc3ccc(F)cc3)N(CC)C2=O)cc1OC. The van der Waals surface area contributed by atoms with Crippen LogP contribution in [-0.4, -0.2) is 36.2 Å². The van der Waals surface area contributed by atoms with Crippen molar-refractivity contribution in [1.82, 2.24) is 4.90 Å². The smallest absolute Gasteiger partial charge is 0.266 e. The number of halogens is 2. The molecule has 0 bridgehead atoms. The molecule has 1 fully saturated rings. The van der Waals surface area contributed by atoms with E-state index in [0.29, 0.717) is 40.4 Å². The summed E-state index contributed by atoms with van der Waals surface area (Å²) in [6, 6.07) is 9.49. The summed E-state index contributed by atoms with van der Waals surface area (Å²) in [4.78, 5) is 19.5. The van der Waals surface area contributed by atoms with E-state index in [1.54, 1.807) is 30.2 Å². The Morgan fingerprint density at radius 1 is 1.21 bits per heavy atom. The average Bonchev–Trinajstić information content (AvgIpc) is 3.00. The summed E-state index contributed by atoms with van der Waals surface area (Å²) < 4.78 is 24.9. The van der Waals surface area contributed by atoms with Gasteiger partial charge in [-0.25, -0.2) is 9.38 Å². The molecule has 2 aromatic rings.